The predicted octanol–water partition coefficient (Wildman–Crippen LogP) is 2.47. The van der Waals surface area contributed by atoms with Crippen LogP contribution >= 0.6 is 0 Å². The number of ether oxygens (including phenoxy) is 2. The first-order valence-corrected chi connectivity index (χ1v) is 6.48. The van der Waals surface area contributed by atoms with Crippen LogP contribution in [0.15, 0.2) is 18.2 Å². The lowest BCUT2D eigenvalue weighted by Crippen LogP contribution is -2.46. The van der Waals surface area contributed by atoms with E-state index in [0.29, 0.717) is 5.75 Å². The van der Waals surface area contributed by atoms with Crippen LogP contribution in [0.4, 0.5) is 0 Å². The molecule has 4 heteroatoms. The molecule has 1 aromatic rings. The zero-order valence-corrected chi connectivity index (χ0v) is 12.7. The smallest absolute Gasteiger partial charge is 0.128 e. The fourth-order valence-electron chi connectivity index (χ4n) is 2.13. The molecule has 0 radical (unpaired) electrons. The van der Waals surface area contributed by atoms with E-state index in [0.717, 1.165) is 17.7 Å². The number of rotatable bonds is 6. The Morgan fingerprint density at radius 1 is 1.26 bits per heavy atom. The Morgan fingerprint density at radius 3 is 2.32 bits per heavy atom. The first-order valence-electron chi connectivity index (χ1n) is 6.48. The molecule has 0 saturated heterocycles. The van der Waals surface area contributed by atoms with Gasteiger partial charge in [0, 0.05) is 17.2 Å². The molecule has 1 rings (SSSR count). The monoisotopic (exact) mass is 267 g/mol. The number of hydrogen-bond donors (Lipinski definition) is 1. The molecule has 0 amide bonds. The van der Waals surface area contributed by atoms with Gasteiger partial charge in [-0.1, -0.05) is 6.92 Å². The number of aliphatic hydroxyl groups is 1. The van der Waals surface area contributed by atoms with Gasteiger partial charge in [0.25, 0.3) is 0 Å². The highest BCUT2D eigenvalue weighted by Gasteiger charge is 2.36. The van der Waals surface area contributed by atoms with Gasteiger partial charge in [0.15, 0.2) is 0 Å². The van der Waals surface area contributed by atoms with Crippen molar-refractivity contribution in [2.45, 2.75) is 31.9 Å². The third-order valence-corrected chi connectivity index (χ3v) is 4.06. The average Bonchev–Trinajstić information content (AvgIpc) is 2.44. The van der Waals surface area contributed by atoms with Crippen molar-refractivity contribution in [3.8, 4) is 11.5 Å². The van der Waals surface area contributed by atoms with Crippen LogP contribution in [-0.4, -0.2) is 43.9 Å². The molecule has 1 aromatic carbocycles. The zero-order chi connectivity index (χ0) is 14.6. The Bertz CT molecular complexity index is 420. The molecule has 4 nitrogen and oxygen atoms in total. The number of likely N-dealkylation sites (N-methyl/N-ethyl adjacent to an activating group) is 1. The fourth-order valence-corrected chi connectivity index (χ4v) is 2.13. The maximum atomic E-state index is 10.7. The van der Waals surface area contributed by atoms with Gasteiger partial charge in [-0.15, -0.1) is 0 Å². The number of hydrogen-bond acceptors (Lipinski definition) is 4. The first kappa shape index (κ1) is 15.8. The molecule has 0 saturated carbocycles. The first-order chi connectivity index (χ1) is 8.90. The molecular formula is C15H25NO3. The van der Waals surface area contributed by atoms with E-state index in [1.807, 2.05) is 38.1 Å². The van der Waals surface area contributed by atoms with E-state index in [1.54, 1.807) is 20.3 Å². The molecule has 108 valence electrons. The van der Waals surface area contributed by atoms with Crippen molar-refractivity contribution in [2.24, 2.45) is 0 Å². The molecule has 19 heavy (non-hydrogen) atoms. The van der Waals surface area contributed by atoms with Crippen molar-refractivity contribution in [3.05, 3.63) is 23.8 Å². The summed E-state index contributed by atoms with van der Waals surface area (Å²) in [6.07, 6.45) is 0.199. The second-order valence-corrected chi connectivity index (χ2v) is 5.12. The highest BCUT2D eigenvalue weighted by molar-refractivity contribution is 5.43. The fraction of sp³-hybridized carbons (Fsp3) is 0.600. The minimum Gasteiger partial charge on any atom is -0.497 e. The van der Waals surface area contributed by atoms with Gasteiger partial charge in [0.2, 0.25) is 0 Å². The van der Waals surface area contributed by atoms with Crippen LogP contribution in [0, 0.1) is 0 Å². The Balaban J connectivity index is 3.21. The van der Waals surface area contributed by atoms with Gasteiger partial charge >= 0.3 is 0 Å². The molecule has 0 aliphatic heterocycles. The van der Waals surface area contributed by atoms with Crippen molar-refractivity contribution in [1.82, 2.24) is 4.90 Å². The van der Waals surface area contributed by atoms with Crippen molar-refractivity contribution < 1.29 is 14.6 Å². The van der Waals surface area contributed by atoms with Gasteiger partial charge in [-0.25, -0.2) is 0 Å². The summed E-state index contributed by atoms with van der Waals surface area (Å²) >= 11 is 0. The number of nitrogens with zero attached hydrogens (tertiary/aromatic N) is 1. The molecule has 0 spiro atoms. The lowest BCUT2D eigenvalue weighted by molar-refractivity contribution is -0.000439. The van der Waals surface area contributed by atoms with Crippen LogP contribution in [-0.2, 0) is 0 Å². The second kappa shape index (κ2) is 6.26. The number of benzene rings is 1. The maximum Gasteiger partial charge on any atom is 0.128 e. The van der Waals surface area contributed by atoms with Gasteiger partial charge in [-0.05, 0) is 39.6 Å². The zero-order valence-electron chi connectivity index (χ0n) is 12.7. The van der Waals surface area contributed by atoms with Crippen molar-refractivity contribution in [3.63, 3.8) is 0 Å². The van der Waals surface area contributed by atoms with Crippen LogP contribution < -0.4 is 9.47 Å². The van der Waals surface area contributed by atoms with Crippen LogP contribution in [0.5, 0.6) is 11.5 Å². The van der Waals surface area contributed by atoms with Gasteiger partial charge in [0.1, 0.15) is 17.6 Å². The molecule has 0 fully saturated rings. The molecule has 1 N–H and O–H groups in total. The Kier molecular flexibility index (Phi) is 5.20. The topological polar surface area (TPSA) is 41.9 Å². The van der Waals surface area contributed by atoms with Crippen molar-refractivity contribution in [2.75, 3.05) is 28.3 Å². The lowest BCUT2D eigenvalue weighted by Gasteiger charge is -2.40. The summed E-state index contributed by atoms with van der Waals surface area (Å²) in [7, 11) is 7.16. The molecule has 2 unspecified atom stereocenters. The van der Waals surface area contributed by atoms with E-state index in [-0.39, 0.29) is 5.54 Å². The minimum absolute atomic E-state index is 0.345. The van der Waals surface area contributed by atoms with Gasteiger partial charge < -0.3 is 19.5 Å². The van der Waals surface area contributed by atoms with Crippen LogP contribution in [0.25, 0.3) is 0 Å². The molecule has 0 bridgehead atoms. The molecule has 0 heterocycles. The van der Waals surface area contributed by atoms with Crippen molar-refractivity contribution in [1.29, 1.82) is 0 Å². The molecule has 2 atom stereocenters. The standard InChI is InChI=1S/C15H25NO3/c1-7-15(2,16(3)4)14(17)12-9-8-11(18-5)10-13(12)19-6/h8-10,14,17H,7H2,1-6H3. The third kappa shape index (κ3) is 3.01. The van der Waals surface area contributed by atoms with Crippen molar-refractivity contribution >= 4 is 0 Å². The van der Waals surface area contributed by atoms with E-state index < -0.39 is 6.10 Å². The predicted molar refractivity (Wildman–Crippen MR) is 76.9 cm³/mol. The van der Waals surface area contributed by atoms with E-state index >= 15 is 0 Å². The second-order valence-electron chi connectivity index (χ2n) is 5.12. The Labute approximate surface area is 115 Å². The largest absolute Gasteiger partial charge is 0.497 e. The lowest BCUT2D eigenvalue weighted by atomic mass is 9.85. The average molecular weight is 267 g/mol. The molecule has 0 aromatic heterocycles. The summed E-state index contributed by atoms with van der Waals surface area (Å²) < 4.78 is 10.5. The summed E-state index contributed by atoms with van der Waals surface area (Å²) in [5, 5.41) is 10.7. The quantitative estimate of drug-likeness (QED) is 0.859. The third-order valence-electron chi connectivity index (χ3n) is 4.06. The highest BCUT2D eigenvalue weighted by atomic mass is 16.5. The van der Waals surface area contributed by atoms with Gasteiger partial charge in [0.05, 0.1) is 14.2 Å². The van der Waals surface area contributed by atoms with E-state index in [2.05, 4.69) is 6.92 Å². The van der Waals surface area contributed by atoms with Crippen LogP contribution in [0.1, 0.15) is 31.9 Å². The summed E-state index contributed by atoms with van der Waals surface area (Å²) in [5.74, 6) is 1.37. The maximum absolute atomic E-state index is 10.7. The normalized spacial score (nSPS) is 16.0. The molecule has 0 aliphatic carbocycles. The summed E-state index contributed by atoms with van der Waals surface area (Å²) in [4.78, 5) is 2.04. The SMILES string of the molecule is CCC(C)(C(O)c1ccc(OC)cc1OC)N(C)C. The molecule has 0 aliphatic rings. The molecular weight excluding hydrogens is 242 g/mol. The number of methoxy groups -OCH3 is 2. The van der Waals surface area contributed by atoms with Crippen LogP contribution in [0.3, 0.4) is 0 Å². The summed E-state index contributed by atoms with van der Waals surface area (Å²) in [6, 6.07) is 5.50. The van der Waals surface area contributed by atoms with E-state index in [9.17, 15) is 5.11 Å². The highest BCUT2D eigenvalue weighted by Crippen LogP contribution is 2.38. The number of aliphatic hydroxyl groups excluding tert-OH is 1. The van der Waals surface area contributed by atoms with Gasteiger partial charge in [-0.2, -0.15) is 0 Å². The van der Waals surface area contributed by atoms with Crippen LogP contribution in [0.2, 0.25) is 0 Å². The van der Waals surface area contributed by atoms with E-state index in [1.165, 1.54) is 0 Å². The Hall–Kier alpha value is -1.26. The summed E-state index contributed by atoms with van der Waals surface area (Å²) in [6.45, 7) is 4.11. The van der Waals surface area contributed by atoms with Gasteiger partial charge in [-0.3, -0.25) is 0 Å². The van der Waals surface area contributed by atoms with E-state index in [4.69, 9.17) is 9.47 Å². The minimum atomic E-state index is -0.631. The summed E-state index contributed by atoms with van der Waals surface area (Å²) in [5.41, 5.74) is 0.434. The Morgan fingerprint density at radius 2 is 1.89 bits per heavy atom.